The van der Waals surface area contributed by atoms with E-state index in [0.717, 1.165) is 0 Å². The van der Waals surface area contributed by atoms with Gasteiger partial charge >= 0.3 is 0 Å². The monoisotopic (exact) mass is 330 g/mol. The molecule has 1 aliphatic rings. The van der Waals surface area contributed by atoms with Gasteiger partial charge in [-0.2, -0.15) is 0 Å². The van der Waals surface area contributed by atoms with Gasteiger partial charge in [0.2, 0.25) is 5.78 Å². The minimum absolute atomic E-state index is 0.0160. The van der Waals surface area contributed by atoms with E-state index in [9.17, 15) is 24.9 Å². The Bertz CT molecular complexity index is 912. The van der Waals surface area contributed by atoms with E-state index in [4.69, 9.17) is 9.47 Å². The number of aromatic hydroxyl groups is 3. The topological polar surface area (TPSA) is 113 Å². The largest absolute Gasteiger partial charge is 0.507 e. The van der Waals surface area contributed by atoms with Crippen molar-refractivity contribution in [1.82, 2.24) is 0 Å². The molecule has 0 aromatic heterocycles. The summed E-state index contributed by atoms with van der Waals surface area (Å²) in [5.41, 5.74) is -0.855. The van der Waals surface area contributed by atoms with Crippen LogP contribution in [0.3, 0.4) is 0 Å². The van der Waals surface area contributed by atoms with E-state index in [0.29, 0.717) is 0 Å². The second-order valence-electron chi connectivity index (χ2n) is 5.33. The highest BCUT2D eigenvalue weighted by Crippen LogP contribution is 2.48. The molecule has 124 valence electrons. The number of ketones is 2. The standard InChI is InChI=1S/C17H14O7/c1-6-13(19)11-12(17(24-3)14(6)20)16(22)10-8(15(11)21)4-7(23-2)5-9(10)18/h4-5,18-20H,1-3H3. The van der Waals surface area contributed by atoms with Crippen molar-refractivity contribution < 1.29 is 34.4 Å². The third kappa shape index (κ3) is 1.84. The van der Waals surface area contributed by atoms with E-state index in [-0.39, 0.29) is 39.3 Å². The number of carbonyl (C=O) groups excluding carboxylic acids is 2. The number of hydrogen-bond donors (Lipinski definition) is 3. The number of hydrogen-bond acceptors (Lipinski definition) is 7. The van der Waals surface area contributed by atoms with Crippen LogP contribution in [0.15, 0.2) is 12.1 Å². The second-order valence-corrected chi connectivity index (χ2v) is 5.33. The first-order valence-electron chi connectivity index (χ1n) is 6.96. The van der Waals surface area contributed by atoms with Crippen molar-refractivity contribution in [2.45, 2.75) is 6.92 Å². The molecule has 0 spiro atoms. The number of carbonyl (C=O) groups is 2. The van der Waals surface area contributed by atoms with Crippen molar-refractivity contribution in [3.8, 4) is 28.7 Å². The molecule has 0 unspecified atom stereocenters. The molecule has 2 aromatic rings. The molecule has 3 N–H and O–H groups in total. The van der Waals surface area contributed by atoms with Crippen molar-refractivity contribution in [3.05, 3.63) is 39.9 Å². The van der Waals surface area contributed by atoms with E-state index < -0.39 is 28.8 Å². The zero-order valence-electron chi connectivity index (χ0n) is 13.1. The Labute approximate surface area is 136 Å². The van der Waals surface area contributed by atoms with Gasteiger partial charge in [-0.25, -0.2) is 0 Å². The van der Waals surface area contributed by atoms with Crippen LogP contribution in [0.25, 0.3) is 0 Å². The smallest absolute Gasteiger partial charge is 0.202 e. The van der Waals surface area contributed by atoms with E-state index in [1.54, 1.807) is 0 Å². The first-order chi connectivity index (χ1) is 11.3. The van der Waals surface area contributed by atoms with Gasteiger partial charge in [0.1, 0.15) is 17.2 Å². The van der Waals surface area contributed by atoms with E-state index in [1.165, 1.54) is 33.3 Å². The lowest BCUT2D eigenvalue weighted by molar-refractivity contribution is 0.0970. The average Bonchev–Trinajstić information content (AvgIpc) is 2.56. The Morgan fingerprint density at radius 1 is 0.833 bits per heavy atom. The molecule has 0 fully saturated rings. The molecule has 7 heteroatoms. The molecule has 0 aliphatic heterocycles. The number of rotatable bonds is 2. The van der Waals surface area contributed by atoms with Crippen LogP contribution < -0.4 is 9.47 Å². The maximum Gasteiger partial charge on any atom is 0.202 e. The highest BCUT2D eigenvalue weighted by atomic mass is 16.5. The molecule has 0 saturated heterocycles. The van der Waals surface area contributed by atoms with Crippen LogP contribution in [0, 0.1) is 6.92 Å². The number of ether oxygens (including phenoxy) is 2. The molecular formula is C17H14O7. The van der Waals surface area contributed by atoms with E-state index in [2.05, 4.69) is 0 Å². The molecule has 24 heavy (non-hydrogen) atoms. The van der Waals surface area contributed by atoms with Crippen molar-refractivity contribution in [1.29, 1.82) is 0 Å². The Morgan fingerprint density at radius 3 is 2.08 bits per heavy atom. The van der Waals surface area contributed by atoms with Crippen molar-refractivity contribution >= 4 is 11.6 Å². The minimum Gasteiger partial charge on any atom is -0.507 e. The van der Waals surface area contributed by atoms with Gasteiger partial charge in [0.15, 0.2) is 17.3 Å². The normalized spacial score (nSPS) is 12.6. The van der Waals surface area contributed by atoms with Crippen LogP contribution in [-0.2, 0) is 0 Å². The summed E-state index contributed by atoms with van der Waals surface area (Å²) in [4.78, 5) is 25.6. The molecule has 0 amide bonds. The maximum absolute atomic E-state index is 12.8. The maximum atomic E-state index is 12.8. The van der Waals surface area contributed by atoms with Gasteiger partial charge < -0.3 is 24.8 Å². The summed E-state index contributed by atoms with van der Waals surface area (Å²) in [6.07, 6.45) is 0. The molecule has 1 aliphatic carbocycles. The number of methoxy groups -OCH3 is 2. The second kappa shape index (κ2) is 5.16. The zero-order valence-corrected chi connectivity index (χ0v) is 13.1. The summed E-state index contributed by atoms with van der Waals surface area (Å²) in [7, 11) is 2.58. The molecule has 2 aromatic carbocycles. The quantitative estimate of drug-likeness (QED) is 0.657. The SMILES string of the molecule is COc1cc(O)c2c(c1)C(=O)c1c(O)c(C)c(O)c(OC)c1C2=O. The number of phenols is 3. The Morgan fingerprint density at radius 2 is 1.50 bits per heavy atom. The van der Waals surface area contributed by atoms with Gasteiger partial charge in [0, 0.05) is 17.2 Å². The summed E-state index contributed by atoms with van der Waals surface area (Å²) < 4.78 is 10.1. The molecular weight excluding hydrogens is 316 g/mol. The van der Waals surface area contributed by atoms with E-state index >= 15 is 0 Å². The molecule has 0 saturated carbocycles. The lowest BCUT2D eigenvalue weighted by atomic mass is 9.81. The minimum atomic E-state index is -0.734. The molecule has 3 rings (SSSR count). The highest BCUT2D eigenvalue weighted by molar-refractivity contribution is 6.31. The first kappa shape index (κ1) is 15.7. The lowest BCUT2D eigenvalue weighted by Crippen LogP contribution is -2.22. The molecule has 0 heterocycles. The molecule has 0 radical (unpaired) electrons. The average molecular weight is 330 g/mol. The van der Waals surface area contributed by atoms with Gasteiger partial charge in [-0.3, -0.25) is 9.59 Å². The fraction of sp³-hybridized carbons (Fsp3) is 0.176. The molecule has 0 atom stereocenters. The molecule has 7 nitrogen and oxygen atoms in total. The van der Waals surface area contributed by atoms with Crippen LogP contribution in [0.5, 0.6) is 28.7 Å². The van der Waals surface area contributed by atoms with E-state index in [1.807, 2.05) is 0 Å². The third-order valence-corrected chi connectivity index (χ3v) is 4.10. The van der Waals surface area contributed by atoms with Crippen molar-refractivity contribution in [3.63, 3.8) is 0 Å². The Kier molecular flexibility index (Phi) is 3.37. The van der Waals surface area contributed by atoms with Crippen molar-refractivity contribution in [2.24, 2.45) is 0 Å². The predicted molar refractivity (Wildman–Crippen MR) is 82.6 cm³/mol. The lowest BCUT2D eigenvalue weighted by Gasteiger charge is -2.23. The summed E-state index contributed by atoms with van der Waals surface area (Å²) in [5.74, 6) is -2.82. The molecule has 0 bridgehead atoms. The van der Waals surface area contributed by atoms with Gasteiger partial charge in [-0.1, -0.05) is 0 Å². The Balaban J connectivity index is 2.44. The summed E-state index contributed by atoms with van der Waals surface area (Å²) in [6.45, 7) is 1.39. The summed E-state index contributed by atoms with van der Waals surface area (Å²) >= 11 is 0. The summed E-state index contributed by atoms with van der Waals surface area (Å²) in [6, 6.07) is 2.52. The number of fused-ring (bicyclic) bond motifs is 2. The third-order valence-electron chi connectivity index (χ3n) is 4.10. The van der Waals surface area contributed by atoms with Gasteiger partial charge in [-0.05, 0) is 13.0 Å². The predicted octanol–water partition coefficient (Wildman–Crippen LogP) is 1.90. The number of benzene rings is 2. The van der Waals surface area contributed by atoms with Crippen LogP contribution in [-0.4, -0.2) is 41.1 Å². The van der Waals surface area contributed by atoms with Crippen LogP contribution in [0.1, 0.15) is 37.4 Å². The van der Waals surface area contributed by atoms with Crippen molar-refractivity contribution in [2.75, 3.05) is 14.2 Å². The number of phenolic OH excluding ortho intramolecular Hbond substituents is 3. The van der Waals surface area contributed by atoms with Crippen LogP contribution in [0.2, 0.25) is 0 Å². The van der Waals surface area contributed by atoms with Gasteiger partial charge in [-0.15, -0.1) is 0 Å². The Hall–Kier alpha value is -3.22. The fourth-order valence-electron chi connectivity index (χ4n) is 2.85. The van der Waals surface area contributed by atoms with Gasteiger partial charge in [0.25, 0.3) is 0 Å². The van der Waals surface area contributed by atoms with Crippen LogP contribution >= 0.6 is 0 Å². The van der Waals surface area contributed by atoms with Gasteiger partial charge in [0.05, 0.1) is 30.9 Å². The first-order valence-corrected chi connectivity index (χ1v) is 6.96. The zero-order chi connectivity index (χ0) is 17.8. The fourth-order valence-corrected chi connectivity index (χ4v) is 2.85. The highest BCUT2D eigenvalue weighted by Gasteiger charge is 2.39. The summed E-state index contributed by atoms with van der Waals surface area (Å²) in [5, 5.41) is 30.5. The van der Waals surface area contributed by atoms with Crippen LogP contribution in [0.4, 0.5) is 0 Å².